The predicted molar refractivity (Wildman–Crippen MR) is 106 cm³/mol. The van der Waals surface area contributed by atoms with Crippen LogP contribution in [0.2, 0.25) is 0 Å². The van der Waals surface area contributed by atoms with Gasteiger partial charge in [-0.2, -0.15) is 0 Å². The zero-order chi connectivity index (χ0) is 17.1. The quantitative estimate of drug-likeness (QED) is 0.727. The van der Waals surface area contributed by atoms with Crippen LogP contribution in [0.25, 0.3) is 0 Å². The van der Waals surface area contributed by atoms with Gasteiger partial charge in [0.25, 0.3) is 0 Å². The molecular formula is C21H22NOP. The minimum absolute atomic E-state index is 0.0737. The third kappa shape index (κ3) is 2.18. The molecule has 1 N–H and O–H groups in total. The van der Waals surface area contributed by atoms with E-state index in [1.165, 1.54) is 0 Å². The number of hydrogen-bond acceptors (Lipinski definition) is 1. The van der Waals surface area contributed by atoms with E-state index in [1.807, 2.05) is 54.6 Å². The second-order valence-electron chi connectivity index (χ2n) is 6.13. The van der Waals surface area contributed by atoms with Crippen LogP contribution < -0.4 is 21.2 Å². The van der Waals surface area contributed by atoms with Crippen molar-refractivity contribution in [3.05, 3.63) is 91.0 Å². The number of benzene rings is 3. The molecule has 0 aliphatic heterocycles. The fourth-order valence-electron chi connectivity index (χ4n) is 3.48. The number of carbonyl (C=O) groups is 1. The topological polar surface area (TPSA) is 29.1 Å². The summed E-state index contributed by atoms with van der Waals surface area (Å²) in [5.41, 5.74) is 0.0737. The first kappa shape index (κ1) is 16.4. The van der Waals surface area contributed by atoms with Gasteiger partial charge in [-0.05, 0) is 0 Å². The molecule has 3 rings (SSSR count). The Labute approximate surface area is 143 Å². The summed E-state index contributed by atoms with van der Waals surface area (Å²) in [5.74, 6) is 0. The van der Waals surface area contributed by atoms with Gasteiger partial charge in [-0.1, -0.05) is 0 Å². The number of carbonyl (C=O) groups excluding carboxylic acids is 1. The molecule has 0 saturated carbocycles. The van der Waals surface area contributed by atoms with Crippen molar-refractivity contribution in [3.63, 3.8) is 0 Å². The van der Waals surface area contributed by atoms with Gasteiger partial charge in [-0.15, -0.1) is 0 Å². The molecule has 24 heavy (non-hydrogen) atoms. The SMILES string of the molecule is CNC(=O)P(C)(c1ccccc1)(c1ccccc1)c1ccccc1. The van der Waals surface area contributed by atoms with E-state index in [2.05, 4.69) is 48.4 Å². The van der Waals surface area contributed by atoms with E-state index in [0.29, 0.717) is 0 Å². The number of rotatable bonds is 4. The van der Waals surface area contributed by atoms with Crippen molar-refractivity contribution in [2.45, 2.75) is 0 Å². The van der Waals surface area contributed by atoms with E-state index in [-0.39, 0.29) is 5.65 Å². The summed E-state index contributed by atoms with van der Waals surface area (Å²) in [6.45, 7) is -1.15. The van der Waals surface area contributed by atoms with Crippen molar-refractivity contribution in [1.82, 2.24) is 5.32 Å². The fourth-order valence-corrected chi connectivity index (χ4v) is 8.39. The van der Waals surface area contributed by atoms with Gasteiger partial charge in [-0.25, -0.2) is 0 Å². The first-order valence-electron chi connectivity index (χ1n) is 8.03. The Bertz CT molecular complexity index is 732. The summed E-state index contributed by atoms with van der Waals surface area (Å²) < 4.78 is 0. The van der Waals surface area contributed by atoms with Gasteiger partial charge >= 0.3 is 143 Å². The normalized spacial score (nSPS) is 12.8. The van der Waals surface area contributed by atoms with Crippen LogP contribution in [-0.2, 0) is 0 Å². The van der Waals surface area contributed by atoms with Crippen molar-refractivity contribution in [2.24, 2.45) is 0 Å². The van der Waals surface area contributed by atoms with Gasteiger partial charge in [0.2, 0.25) is 0 Å². The Morgan fingerprint density at radius 3 is 1.21 bits per heavy atom. The van der Waals surface area contributed by atoms with Crippen molar-refractivity contribution in [3.8, 4) is 0 Å². The van der Waals surface area contributed by atoms with Gasteiger partial charge in [0, 0.05) is 0 Å². The van der Waals surface area contributed by atoms with Crippen LogP contribution in [0.3, 0.4) is 0 Å². The van der Waals surface area contributed by atoms with Gasteiger partial charge in [-0.3, -0.25) is 0 Å². The molecule has 0 atom stereocenters. The molecule has 1 amide bonds. The van der Waals surface area contributed by atoms with Crippen LogP contribution in [-0.4, -0.2) is 19.4 Å². The average molecular weight is 335 g/mol. The summed E-state index contributed by atoms with van der Waals surface area (Å²) in [4.78, 5) is 13.5. The number of hydrogen-bond donors (Lipinski definition) is 1. The van der Waals surface area contributed by atoms with Crippen molar-refractivity contribution < 1.29 is 4.79 Å². The molecule has 0 radical (unpaired) electrons. The Morgan fingerprint density at radius 2 is 0.958 bits per heavy atom. The standard InChI is InChI=1S/C21H22NOP/c1-22-21(23)24(2,18-12-6-3-7-13-18,19-14-8-4-9-15-19)20-16-10-5-11-17-20/h3-17H,1-2H3,(H,22,23). The first-order valence-corrected chi connectivity index (χ1v) is 10.7. The maximum atomic E-state index is 13.5. The maximum absolute atomic E-state index is 13.5. The Balaban J connectivity index is 2.50. The van der Waals surface area contributed by atoms with E-state index in [4.69, 9.17) is 0 Å². The molecule has 0 saturated heterocycles. The van der Waals surface area contributed by atoms with Gasteiger partial charge in [0.05, 0.1) is 0 Å². The van der Waals surface area contributed by atoms with E-state index in [9.17, 15) is 4.79 Å². The third-order valence-corrected chi connectivity index (χ3v) is 10.9. The van der Waals surface area contributed by atoms with Crippen LogP contribution in [0.15, 0.2) is 91.0 Å². The predicted octanol–water partition coefficient (Wildman–Crippen LogP) is 3.49. The van der Waals surface area contributed by atoms with Crippen molar-refractivity contribution in [2.75, 3.05) is 13.7 Å². The molecular weight excluding hydrogens is 313 g/mol. The van der Waals surface area contributed by atoms with Crippen LogP contribution in [0, 0.1) is 0 Å². The summed E-state index contributed by atoms with van der Waals surface area (Å²) in [6, 6.07) is 30.5. The summed E-state index contributed by atoms with van der Waals surface area (Å²) in [6.07, 6.45) is 0. The monoisotopic (exact) mass is 335 g/mol. The molecule has 0 unspecified atom stereocenters. The molecule has 122 valence electrons. The van der Waals surface area contributed by atoms with Crippen LogP contribution in [0.1, 0.15) is 0 Å². The molecule has 0 spiro atoms. The van der Waals surface area contributed by atoms with Crippen LogP contribution in [0.4, 0.5) is 4.79 Å². The second kappa shape index (κ2) is 6.22. The van der Waals surface area contributed by atoms with E-state index >= 15 is 0 Å². The Morgan fingerprint density at radius 1 is 0.667 bits per heavy atom. The van der Waals surface area contributed by atoms with Crippen molar-refractivity contribution >= 4 is 28.2 Å². The van der Waals surface area contributed by atoms with E-state index in [1.54, 1.807) is 7.05 Å². The van der Waals surface area contributed by atoms with Gasteiger partial charge in [0.1, 0.15) is 0 Å². The molecule has 3 aromatic rings. The number of amides is 1. The average Bonchev–Trinajstić information content (AvgIpc) is 2.69. The Kier molecular flexibility index (Phi) is 4.26. The molecule has 0 fully saturated rings. The van der Waals surface area contributed by atoms with Crippen LogP contribution in [0.5, 0.6) is 0 Å². The molecule has 0 heterocycles. The van der Waals surface area contributed by atoms with E-state index < -0.39 is 6.60 Å². The number of nitrogens with one attached hydrogen (secondary N) is 1. The Hall–Kier alpha value is -2.44. The zero-order valence-electron chi connectivity index (χ0n) is 14.0. The summed E-state index contributed by atoms with van der Waals surface area (Å²) >= 11 is 0. The molecule has 0 aromatic heterocycles. The summed E-state index contributed by atoms with van der Waals surface area (Å²) in [5, 5.41) is 6.17. The zero-order valence-corrected chi connectivity index (χ0v) is 14.9. The molecule has 0 aliphatic carbocycles. The molecule has 3 heteroatoms. The second-order valence-corrected chi connectivity index (χ2v) is 11.2. The van der Waals surface area contributed by atoms with Gasteiger partial charge in [0.15, 0.2) is 0 Å². The molecule has 3 aromatic carbocycles. The first-order chi connectivity index (χ1) is 11.6. The summed E-state index contributed by atoms with van der Waals surface area (Å²) in [7, 11) is 1.72. The van der Waals surface area contributed by atoms with Crippen molar-refractivity contribution in [1.29, 1.82) is 0 Å². The minimum atomic E-state index is -3.29. The molecule has 0 bridgehead atoms. The third-order valence-electron chi connectivity index (χ3n) is 4.93. The molecule has 2 nitrogen and oxygen atoms in total. The van der Waals surface area contributed by atoms with Crippen LogP contribution >= 0.6 is 6.60 Å². The van der Waals surface area contributed by atoms with E-state index in [0.717, 1.165) is 15.9 Å². The fraction of sp³-hybridized carbons (Fsp3) is 0.0952. The van der Waals surface area contributed by atoms with Gasteiger partial charge < -0.3 is 0 Å². The molecule has 0 aliphatic rings.